The third kappa shape index (κ3) is 12.8. The quantitative estimate of drug-likeness (QED) is 0.173. The first-order valence-electron chi connectivity index (χ1n) is 12.8. The van der Waals surface area contributed by atoms with Gasteiger partial charge in [-0.2, -0.15) is 13.2 Å². The van der Waals surface area contributed by atoms with Crippen molar-refractivity contribution in [1.29, 1.82) is 0 Å². The summed E-state index contributed by atoms with van der Waals surface area (Å²) in [4.78, 5) is 63.8. The molecule has 1 saturated heterocycles. The summed E-state index contributed by atoms with van der Waals surface area (Å²) in [5, 5.41) is 20.0. The number of alkyl halides is 3. The monoisotopic (exact) mass is 612 g/mol. The molecule has 4 amide bonds. The van der Waals surface area contributed by atoms with Crippen molar-refractivity contribution in [3.63, 3.8) is 0 Å². The second-order valence-electron chi connectivity index (χ2n) is 9.79. The fraction of sp³-hybridized carbons (Fsp3) is 0.708. The smallest absolute Gasteiger partial charge is 0.405 e. The number of nitrogens with one attached hydrogen (secondary N) is 4. The number of ether oxygens (including phenoxy) is 1. The Labute approximate surface area is 237 Å². The van der Waals surface area contributed by atoms with Gasteiger partial charge in [-0.05, 0) is 24.8 Å². The number of amides is 4. The predicted octanol–water partition coefficient (Wildman–Crippen LogP) is 0.963. The van der Waals surface area contributed by atoms with Gasteiger partial charge in [-0.25, -0.2) is 0 Å². The molecule has 0 radical (unpaired) electrons. The minimum absolute atomic E-state index is 0.0394. The largest absolute Gasteiger partial charge is 0.457 e. The highest BCUT2D eigenvalue weighted by molar-refractivity contribution is 8.76. The van der Waals surface area contributed by atoms with Crippen LogP contribution in [0.3, 0.4) is 0 Å². The van der Waals surface area contributed by atoms with Gasteiger partial charge < -0.3 is 31.1 Å². The van der Waals surface area contributed by atoms with Crippen LogP contribution in [0.5, 0.6) is 0 Å². The first-order chi connectivity index (χ1) is 18.7. The van der Waals surface area contributed by atoms with Crippen LogP contribution >= 0.6 is 21.6 Å². The SMILES string of the molecule is CC(C)[C@H]1C[C@@H](O)CC(=O)O[C@@H]2/C=C/CSSC[C@@H](NC(=O)[C@H](CCC(=O)NCC(F)(F)F)NC(=O)C2)C(=O)N1. The molecule has 40 heavy (non-hydrogen) atoms. The summed E-state index contributed by atoms with van der Waals surface area (Å²) in [7, 11) is 2.66. The molecule has 3 heterocycles. The van der Waals surface area contributed by atoms with E-state index >= 15 is 0 Å². The van der Waals surface area contributed by atoms with Gasteiger partial charge in [0.1, 0.15) is 24.7 Å². The third-order valence-corrected chi connectivity index (χ3v) is 8.28. The van der Waals surface area contributed by atoms with E-state index in [0.717, 1.165) is 0 Å². The molecular formula is C24H35F3N4O7S2. The normalized spacial score (nSPS) is 28.6. The van der Waals surface area contributed by atoms with Crippen LogP contribution in [0, 0.1) is 5.92 Å². The molecular weight excluding hydrogens is 577 g/mol. The molecule has 0 spiro atoms. The molecule has 0 aliphatic carbocycles. The first kappa shape index (κ1) is 33.7. The summed E-state index contributed by atoms with van der Waals surface area (Å²) >= 11 is 0. The number of carbonyl (C=O) groups excluding carboxylic acids is 5. The van der Waals surface area contributed by atoms with Gasteiger partial charge in [-0.1, -0.05) is 41.5 Å². The van der Waals surface area contributed by atoms with Gasteiger partial charge in [-0.3, -0.25) is 24.0 Å². The van der Waals surface area contributed by atoms with Crippen LogP contribution in [0.15, 0.2) is 12.2 Å². The Morgan fingerprint density at radius 2 is 1.85 bits per heavy atom. The molecule has 0 saturated carbocycles. The molecule has 0 aromatic carbocycles. The Bertz CT molecular complexity index is 952. The zero-order valence-electron chi connectivity index (χ0n) is 22.1. The topological polar surface area (TPSA) is 163 Å². The van der Waals surface area contributed by atoms with Crippen molar-refractivity contribution in [3.05, 3.63) is 12.2 Å². The van der Waals surface area contributed by atoms with Crippen molar-refractivity contribution < 1.29 is 47.0 Å². The van der Waals surface area contributed by atoms with Crippen molar-refractivity contribution >= 4 is 51.2 Å². The molecule has 1 fully saturated rings. The fourth-order valence-corrected chi connectivity index (χ4v) is 5.82. The van der Waals surface area contributed by atoms with Gasteiger partial charge in [0.2, 0.25) is 23.6 Å². The highest BCUT2D eigenvalue weighted by Gasteiger charge is 2.32. The van der Waals surface area contributed by atoms with E-state index in [2.05, 4.69) is 16.0 Å². The molecule has 0 aromatic heterocycles. The van der Waals surface area contributed by atoms with Crippen molar-refractivity contribution in [2.24, 2.45) is 5.92 Å². The average molecular weight is 613 g/mol. The lowest BCUT2D eigenvalue weighted by atomic mass is 9.96. The summed E-state index contributed by atoms with van der Waals surface area (Å²) < 4.78 is 42.7. The summed E-state index contributed by atoms with van der Waals surface area (Å²) in [6.07, 6.45) is -5.16. The van der Waals surface area contributed by atoms with Crippen LogP contribution in [0.1, 0.15) is 46.0 Å². The summed E-state index contributed by atoms with van der Waals surface area (Å²) in [5.41, 5.74) is 0. The number of rotatable bonds is 5. The lowest BCUT2D eigenvalue weighted by Gasteiger charge is -2.29. The Kier molecular flexibility index (Phi) is 13.6. The number of carbonyl (C=O) groups is 5. The minimum Gasteiger partial charge on any atom is -0.457 e. The Morgan fingerprint density at radius 1 is 1.12 bits per heavy atom. The number of hydrogen-bond acceptors (Lipinski definition) is 9. The Balaban J connectivity index is 2.35. The molecule has 226 valence electrons. The van der Waals surface area contributed by atoms with Gasteiger partial charge in [-0.15, -0.1) is 0 Å². The van der Waals surface area contributed by atoms with E-state index in [9.17, 15) is 42.3 Å². The van der Waals surface area contributed by atoms with Crippen molar-refractivity contribution in [2.45, 2.75) is 82.5 Å². The fourth-order valence-electron chi connectivity index (χ4n) is 3.85. The number of esters is 1. The standard InChI is InChI=1S/C24H35F3N4O7S2/c1-13(2)17-8-14(32)9-21(35)38-15-4-3-7-39-40-11-18(23(37)30-17)31-22(36)16(29-20(34)10-15)5-6-19(33)28-12-24(25,26)27/h3-4,13-18,32H,5-12H2,1-2H3,(H,28,33)(H,29,34)(H,30,37)(H,31,36)/b4-3+/t14-,15-,16+,17-,18-/m1/s1. The number of halogens is 3. The first-order valence-corrected chi connectivity index (χ1v) is 15.2. The number of aliphatic hydroxyl groups is 1. The lowest BCUT2D eigenvalue weighted by molar-refractivity contribution is -0.150. The van der Waals surface area contributed by atoms with E-state index in [1.54, 1.807) is 11.4 Å². The highest BCUT2D eigenvalue weighted by atomic mass is 33.1. The molecule has 11 nitrogen and oxygen atoms in total. The molecule has 3 aliphatic rings. The van der Waals surface area contributed by atoms with Crippen LogP contribution in [0.2, 0.25) is 0 Å². The number of aliphatic hydroxyl groups excluding tert-OH is 1. The second kappa shape index (κ2) is 16.1. The molecule has 5 N–H and O–H groups in total. The van der Waals surface area contributed by atoms with Crippen LogP contribution < -0.4 is 21.3 Å². The second-order valence-corrected chi connectivity index (χ2v) is 12.3. The molecule has 0 aromatic rings. The van der Waals surface area contributed by atoms with Crippen molar-refractivity contribution in [3.8, 4) is 0 Å². The lowest BCUT2D eigenvalue weighted by Crippen LogP contribution is -2.57. The summed E-state index contributed by atoms with van der Waals surface area (Å²) in [6, 6.07) is -2.98. The summed E-state index contributed by atoms with van der Waals surface area (Å²) in [6.45, 7) is 2.10. The van der Waals surface area contributed by atoms with Crippen LogP contribution in [-0.4, -0.2) is 89.3 Å². The maximum atomic E-state index is 13.2. The molecule has 5 atom stereocenters. The van der Waals surface area contributed by atoms with Gasteiger partial charge in [0, 0.05) is 24.0 Å². The average Bonchev–Trinajstić information content (AvgIpc) is 2.84. The molecule has 0 unspecified atom stereocenters. The zero-order chi connectivity index (χ0) is 29.9. The predicted molar refractivity (Wildman–Crippen MR) is 143 cm³/mol. The van der Waals surface area contributed by atoms with E-state index in [0.29, 0.717) is 5.75 Å². The van der Waals surface area contributed by atoms with Crippen LogP contribution in [0.4, 0.5) is 13.2 Å². The van der Waals surface area contributed by atoms with E-state index in [1.165, 1.54) is 27.7 Å². The van der Waals surface area contributed by atoms with Gasteiger partial charge in [0.25, 0.3) is 0 Å². The number of fused-ring (bicyclic) bond motifs is 16. The van der Waals surface area contributed by atoms with E-state index < -0.39 is 85.5 Å². The van der Waals surface area contributed by atoms with E-state index in [1.807, 2.05) is 13.8 Å². The van der Waals surface area contributed by atoms with Crippen LogP contribution in [0.25, 0.3) is 0 Å². The third-order valence-electron chi connectivity index (χ3n) is 5.99. The Hall–Kier alpha value is -2.46. The number of hydrogen-bond donors (Lipinski definition) is 5. The van der Waals surface area contributed by atoms with Gasteiger partial charge >= 0.3 is 12.1 Å². The maximum Gasteiger partial charge on any atom is 0.405 e. The van der Waals surface area contributed by atoms with Crippen molar-refractivity contribution in [1.82, 2.24) is 21.3 Å². The molecule has 2 bridgehead atoms. The minimum atomic E-state index is -4.62. The molecule has 3 aliphatic heterocycles. The van der Waals surface area contributed by atoms with Gasteiger partial charge in [0.05, 0.1) is 18.9 Å². The van der Waals surface area contributed by atoms with Crippen molar-refractivity contribution in [2.75, 3.05) is 18.1 Å². The molecule has 3 rings (SSSR count). The van der Waals surface area contributed by atoms with E-state index in [4.69, 9.17) is 4.74 Å². The van der Waals surface area contributed by atoms with E-state index in [-0.39, 0.29) is 30.9 Å². The zero-order valence-corrected chi connectivity index (χ0v) is 23.8. The summed E-state index contributed by atoms with van der Waals surface area (Å²) in [5.74, 6) is -3.40. The van der Waals surface area contributed by atoms with Crippen LogP contribution in [-0.2, 0) is 28.7 Å². The maximum absolute atomic E-state index is 13.2. The van der Waals surface area contributed by atoms with Gasteiger partial charge in [0.15, 0.2) is 0 Å². The Morgan fingerprint density at radius 3 is 2.52 bits per heavy atom. The highest BCUT2D eigenvalue weighted by Crippen LogP contribution is 2.23. The molecule has 16 heteroatoms.